The first-order chi connectivity index (χ1) is 12.1. The van der Waals surface area contributed by atoms with Gasteiger partial charge in [0.2, 0.25) is 15.9 Å². The standard InChI is InChI=1S/C17H23F3N2O3S/c1-2-26(24,25)22-11-8-14(9-12-22)16(23)21-10-7-13-3-5-15(6-4-13)17(18,19)20/h3-6,14H,2,7-12H2,1H3,(H,21,23). The molecular weight excluding hydrogens is 369 g/mol. The van der Waals surface area contributed by atoms with Crippen LogP contribution in [0, 0.1) is 5.92 Å². The topological polar surface area (TPSA) is 66.5 Å². The molecule has 1 aromatic rings. The molecule has 9 heteroatoms. The van der Waals surface area contributed by atoms with Gasteiger partial charge in [-0.3, -0.25) is 4.79 Å². The van der Waals surface area contributed by atoms with Gasteiger partial charge < -0.3 is 5.32 Å². The van der Waals surface area contributed by atoms with Crippen LogP contribution in [0.5, 0.6) is 0 Å². The van der Waals surface area contributed by atoms with Gasteiger partial charge in [0.05, 0.1) is 11.3 Å². The second kappa shape index (κ2) is 8.39. The lowest BCUT2D eigenvalue weighted by Crippen LogP contribution is -2.43. The highest BCUT2D eigenvalue weighted by Gasteiger charge is 2.31. The van der Waals surface area contributed by atoms with Gasteiger partial charge in [0.15, 0.2) is 0 Å². The van der Waals surface area contributed by atoms with Crippen LogP contribution in [0.2, 0.25) is 0 Å². The van der Waals surface area contributed by atoms with Gasteiger partial charge in [-0.15, -0.1) is 0 Å². The van der Waals surface area contributed by atoms with Crippen LogP contribution in [-0.4, -0.2) is 44.0 Å². The Kier molecular flexibility index (Phi) is 6.68. The van der Waals surface area contributed by atoms with Crippen molar-refractivity contribution in [1.82, 2.24) is 9.62 Å². The molecule has 1 N–H and O–H groups in total. The van der Waals surface area contributed by atoms with Crippen LogP contribution in [0.3, 0.4) is 0 Å². The summed E-state index contributed by atoms with van der Waals surface area (Å²) < 4.78 is 62.5. The van der Waals surface area contributed by atoms with Gasteiger partial charge in [-0.25, -0.2) is 12.7 Å². The van der Waals surface area contributed by atoms with E-state index in [9.17, 15) is 26.4 Å². The second-order valence-electron chi connectivity index (χ2n) is 6.31. The molecule has 5 nitrogen and oxygen atoms in total. The van der Waals surface area contributed by atoms with Crippen molar-refractivity contribution in [2.45, 2.75) is 32.4 Å². The molecule has 0 bridgehead atoms. The molecule has 1 heterocycles. The largest absolute Gasteiger partial charge is 0.416 e. The smallest absolute Gasteiger partial charge is 0.356 e. The second-order valence-corrected chi connectivity index (χ2v) is 8.57. The molecule has 0 atom stereocenters. The van der Waals surface area contributed by atoms with Gasteiger partial charge in [-0.2, -0.15) is 13.2 Å². The summed E-state index contributed by atoms with van der Waals surface area (Å²) in [6.45, 7) is 2.60. The number of sulfonamides is 1. The monoisotopic (exact) mass is 392 g/mol. The summed E-state index contributed by atoms with van der Waals surface area (Å²) in [5.41, 5.74) is 0.0150. The van der Waals surface area contributed by atoms with Gasteiger partial charge in [0.25, 0.3) is 0 Å². The number of hydrogen-bond acceptors (Lipinski definition) is 3. The molecule has 0 aromatic heterocycles. The first-order valence-electron chi connectivity index (χ1n) is 8.55. The summed E-state index contributed by atoms with van der Waals surface area (Å²) in [5.74, 6) is -0.312. The van der Waals surface area contributed by atoms with Gasteiger partial charge in [-0.1, -0.05) is 12.1 Å². The van der Waals surface area contributed by atoms with Crippen LogP contribution < -0.4 is 5.32 Å². The van der Waals surface area contributed by atoms with E-state index in [1.807, 2.05) is 0 Å². The van der Waals surface area contributed by atoms with E-state index < -0.39 is 21.8 Å². The maximum absolute atomic E-state index is 12.5. The minimum absolute atomic E-state index is 0.0526. The molecule has 146 valence electrons. The molecule has 0 aliphatic carbocycles. The number of amides is 1. The summed E-state index contributed by atoms with van der Waals surface area (Å²) in [4.78, 5) is 12.2. The number of hydrogen-bond donors (Lipinski definition) is 1. The summed E-state index contributed by atoms with van der Waals surface area (Å²) in [6, 6.07) is 4.87. The van der Waals surface area contributed by atoms with Crippen LogP contribution in [-0.2, 0) is 27.4 Å². The molecule has 0 spiro atoms. The van der Waals surface area contributed by atoms with Crippen molar-refractivity contribution in [3.8, 4) is 0 Å². The third kappa shape index (κ3) is 5.44. The number of nitrogens with one attached hydrogen (secondary N) is 1. The predicted molar refractivity (Wildman–Crippen MR) is 91.9 cm³/mol. The maximum atomic E-state index is 12.5. The molecule has 1 aliphatic heterocycles. The van der Waals surface area contributed by atoms with E-state index in [1.54, 1.807) is 6.92 Å². The predicted octanol–water partition coefficient (Wildman–Crippen LogP) is 2.43. The molecule has 2 rings (SSSR count). The summed E-state index contributed by atoms with van der Waals surface area (Å²) >= 11 is 0. The van der Waals surface area contributed by atoms with Crippen molar-refractivity contribution in [3.05, 3.63) is 35.4 Å². The molecule has 1 amide bonds. The number of carbonyl (C=O) groups is 1. The number of halogens is 3. The average Bonchev–Trinajstić information content (AvgIpc) is 2.61. The first-order valence-corrected chi connectivity index (χ1v) is 10.2. The zero-order valence-corrected chi connectivity index (χ0v) is 15.4. The lowest BCUT2D eigenvalue weighted by Gasteiger charge is -2.30. The Labute approximate surface area is 151 Å². The quantitative estimate of drug-likeness (QED) is 0.809. The van der Waals surface area contributed by atoms with Crippen LogP contribution in [0.1, 0.15) is 30.9 Å². The third-order valence-corrected chi connectivity index (χ3v) is 6.46. The van der Waals surface area contributed by atoms with Crippen LogP contribution in [0.15, 0.2) is 24.3 Å². The third-order valence-electron chi connectivity index (χ3n) is 4.58. The van der Waals surface area contributed by atoms with E-state index in [1.165, 1.54) is 16.4 Å². The summed E-state index contributed by atoms with van der Waals surface area (Å²) in [5, 5.41) is 2.78. The Morgan fingerprint density at radius 3 is 2.27 bits per heavy atom. The molecule has 0 saturated carbocycles. The molecule has 1 aromatic carbocycles. The Bertz CT molecular complexity index is 710. The molecular formula is C17H23F3N2O3S. The maximum Gasteiger partial charge on any atom is 0.416 e. The fraction of sp³-hybridized carbons (Fsp3) is 0.588. The van der Waals surface area contributed by atoms with Crippen molar-refractivity contribution in [1.29, 1.82) is 0 Å². The highest BCUT2D eigenvalue weighted by Crippen LogP contribution is 2.29. The van der Waals surface area contributed by atoms with Crippen molar-refractivity contribution in [3.63, 3.8) is 0 Å². The fourth-order valence-electron chi connectivity index (χ4n) is 2.91. The first kappa shape index (κ1) is 20.7. The Morgan fingerprint density at radius 2 is 1.77 bits per heavy atom. The zero-order chi connectivity index (χ0) is 19.4. The summed E-state index contributed by atoms with van der Waals surface area (Å²) in [7, 11) is -3.22. The highest BCUT2D eigenvalue weighted by molar-refractivity contribution is 7.89. The molecule has 0 radical (unpaired) electrons. The van der Waals surface area contributed by atoms with Crippen LogP contribution in [0.25, 0.3) is 0 Å². The molecule has 0 unspecified atom stereocenters. The van der Waals surface area contributed by atoms with Gasteiger partial charge in [0, 0.05) is 25.6 Å². The number of benzene rings is 1. The Morgan fingerprint density at radius 1 is 1.19 bits per heavy atom. The minimum Gasteiger partial charge on any atom is -0.356 e. The van der Waals surface area contributed by atoms with Crippen LogP contribution >= 0.6 is 0 Å². The Balaban J connectivity index is 1.76. The van der Waals surface area contributed by atoms with Crippen molar-refractivity contribution >= 4 is 15.9 Å². The van der Waals surface area contributed by atoms with Crippen molar-refractivity contribution in [2.75, 3.05) is 25.4 Å². The van der Waals surface area contributed by atoms with Crippen molar-refractivity contribution in [2.24, 2.45) is 5.92 Å². The lowest BCUT2D eigenvalue weighted by atomic mass is 9.97. The number of nitrogens with zero attached hydrogens (tertiary/aromatic N) is 1. The van der Waals surface area contributed by atoms with Crippen LogP contribution in [0.4, 0.5) is 13.2 Å². The number of alkyl halides is 3. The SMILES string of the molecule is CCS(=O)(=O)N1CCC(C(=O)NCCc2ccc(C(F)(F)F)cc2)CC1. The van der Waals surface area contributed by atoms with E-state index in [2.05, 4.69) is 5.32 Å². The summed E-state index contributed by atoms with van der Waals surface area (Å²) in [6.07, 6.45) is -2.96. The van der Waals surface area contributed by atoms with Gasteiger partial charge >= 0.3 is 6.18 Å². The van der Waals surface area contributed by atoms with E-state index in [0.29, 0.717) is 44.5 Å². The number of piperidine rings is 1. The molecule has 26 heavy (non-hydrogen) atoms. The van der Waals surface area contributed by atoms with E-state index in [-0.39, 0.29) is 17.6 Å². The molecule has 1 saturated heterocycles. The normalized spacial score (nSPS) is 17.2. The Hall–Kier alpha value is -1.61. The molecule has 1 aliphatic rings. The molecule has 1 fully saturated rings. The van der Waals surface area contributed by atoms with E-state index in [4.69, 9.17) is 0 Å². The highest BCUT2D eigenvalue weighted by atomic mass is 32.2. The number of rotatable bonds is 6. The van der Waals surface area contributed by atoms with E-state index >= 15 is 0 Å². The number of carbonyl (C=O) groups excluding carboxylic acids is 1. The fourth-order valence-corrected chi connectivity index (χ4v) is 4.05. The lowest BCUT2D eigenvalue weighted by molar-refractivity contribution is -0.137. The van der Waals surface area contributed by atoms with Gasteiger partial charge in [0.1, 0.15) is 0 Å². The minimum atomic E-state index is -4.35. The van der Waals surface area contributed by atoms with E-state index in [0.717, 1.165) is 12.1 Å². The zero-order valence-electron chi connectivity index (χ0n) is 14.6. The van der Waals surface area contributed by atoms with Crippen molar-refractivity contribution < 1.29 is 26.4 Å². The van der Waals surface area contributed by atoms with Gasteiger partial charge in [-0.05, 0) is 43.9 Å². The average molecular weight is 392 g/mol.